The monoisotopic (exact) mass is 338 g/mol. The molecule has 1 fully saturated rings. The predicted octanol–water partition coefficient (Wildman–Crippen LogP) is 2.70. The number of fused-ring (bicyclic) bond motifs is 2. The number of ether oxygens (including phenoxy) is 1. The number of amides is 1. The highest BCUT2D eigenvalue weighted by atomic mass is 16.5. The van der Waals surface area contributed by atoms with E-state index in [0.717, 1.165) is 37.2 Å². The number of furan rings is 1. The van der Waals surface area contributed by atoms with E-state index in [4.69, 9.17) is 14.9 Å². The summed E-state index contributed by atoms with van der Waals surface area (Å²) in [5, 5.41) is 0. The molecule has 0 radical (unpaired) electrons. The van der Waals surface area contributed by atoms with E-state index in [1.165, 1.54) is 5.56 Å². The van der Waals surface area contributed by atoms with Gasteiger partial charge in [0, 0.05) is 36.7 Å². The number of hydrogen-bond donors (Lipinski definition) is 1. The number of benzene rings is 1. The highest BCUT2D eigenvalue weighted by molar-refractivity contribution is 5.91. The number of piperidine rings is 1. The average Bonchev–Trinajstić information content (AvgIpc) is 3.29. The van der Waals surface area contributed by atoms with E-state index in [2.05, 4.69) is 6.07 Å². The van der Waals surface area contributed by atoms with Gasteiger partial charge >= 0.3 is 0 Å². The summed E-state index contributed by atoms with van der Waals surface area (Å²) in [6.07, 6.45) is 6.72. The van der Waals surface area contributed by atoms with Crippen molar-refractivity contribution < 1.29 is 13.9 Å². The van der Waals surface area contributed by atoms with Crippen molar-refractivity contribution in [1.29, 1.82) is 0 Å². The van der Waals surface area contributed by atoms with Crippen molar-refractivity contribution in [3.05, 3.63) is 59.6 Å². The van der Waals surface area contributed by atoms with Crippen LogP contribution in [0.25, 0.3) is 6.08 Å². The second kappa shape index (κ2) is 6.41. The molecule has 5 heteroatoms. The van der Waals surface area contributed by atoms with Gasteiger partial charge in [0.2, 0.25) is 5.91 Å². The summed E-state index contributed by atoms with van der Waals surface area (Å²) >= 11 is 0. The average molecular weight is 338 g/mol. The van der Waals surface area contributed by atoms with Gasteiger partial charge in [-0.2, -0.15) is 0 Å². The lowest BCUT2D eigenvalue weighted by atomic mass is 9.74. The van der Waals surface area contributed by atoms with Crippen molar-refractivity contribution in [3.8, 4) is 5.75 Å². The number of nitrogens with two attached hydrogens (primary N) is 1. The molecule has 0 bridgehead atoms. The molecule has 5 nitrogen and oxygen atoms in total. The lowest BCUT2D eigenvalue weighted by molar-refractivity contribution is -0.127. The van der Waals surface area contributed by atoms with Crippen molar-refractivity contribution in [2.45, 2.75) is 24.8 Å². The number of nitrogens with zero attached hydrogens (tertiary/aromatic N) is 1. The Balaban J connectivity index is 1.45. The van der Waals surface area contributed by atoms with Crippen molar-refractivity contribution >= 4 is 12.0 Å². The van der Waals surface area contributed by atoms with Crippen molar-refractivity contribution in [2.24, 2.45) is 5.73 Å². The minimum Gasteiger partial charge on any atom is -0.492 e. The standard InChI is InChI=1S/C20H22N2O3/c21-13-15-3-5-18-17(12-15)20(14-25-18)7-9-22(10-8-20)19(23)6-4-16-2-1-11-24-16/h1-6,11-12H,7-10,13-14,21H2. The van der Waals surface area contributed by atoms with Crippen LogP contribution in [-0.2, 0) is 16.8 Å². The van der Waals surface area contributed by atoms with Gasteiger partial charge in [-0.25, -0.2) is 0 Å². The lowest BCUT2D eigenvalue weighted by Gasteiger charge is -2.38. The third kappa shape index (κ3) is 2.96. The fourth-order valence-corrected chi connectivity index (χ4v) is 3.75. The first kappa shape index (κ1) is 16.0. The fraction of sp³-hybridized carbons (Fsp3) is 0.350. The molecule has 1 saturated heterocycles. The molecule has 2 aromatic rings. The number of likely N-dealkylation sites (tertiary alicyclic amines) is 1. The minimum absolute atomic E-state index is 0.0159. The molecule has 3 heterocycles. The summed E-state index contributed by atoms with van der Waals surface area (Å²) in [6.45, 7) is 2.69. The molecule has 0 aliphatic carbocycles. The molecule has 1 aromatic heterocycles. The van der Waals surface area contributed by atoms with E-state index in [1.54, 1.807) is 18.4 Å². The Morgan fingerprint density at radius 1 is 1.28 bits per heavy atom. The first-order valence-corrected chi connectivity index (χ1v) is 8.67. The molecule has 2 aliphatic rings. The molecule has 2 N–H and O–H groups in total. The summed E-state index contributed by atoms with van der Waals surface area (Å²) in [5.41, 5.74) is 8.19. The molecule has 130 valence electrons. The van der Waals surface area contributed by atoms with Gasteiger partial charge in [-0.15, -0.1) is 0 Å². The zero-order valence-electron chi connectivity index (χ0n) is 14.1. The molecule has 2 aliphatic heterocycles. The van der Waals surface area contributed by atoms with Crippen LogP contribution in [0.2, 0.25) is 0 Å². The van der Waals surface area contributed by atoms with E-state index in [-0.39, 0.29) is 11.3 Å². The Morgan fingerprint density at radius 2 is 2.12 bits per heavy atom. The Kier molecular flexibility index (Phi) is 4.09. The van der Waals surface area contributed by atoms with Gasteiger partial charge in [0.15, 0.2) is 0 Å². The zero-order chi connectivity index (χ0) is 17.3. The maximum Gasteiger partial charge on any atom is 0.246 e. The van der Waals surface area contributed by atoms with Gasteiger partial charge in [0.05, 0.1) is 12.9 Å². The molecular weight excluding hydrogens is 316 g/mol. The number of carbonyl (C=O) groups excluding carboxylic acids is 1. The second-order valence-electron chi connectivity index (χ2n) is 6.78. The van der Waals surface area contributed by atoms with Gasteiger partial charge in [0.25, 0.3) is 0 Å². The van der Waals surface area contributed by atoms with Crippen LogP contribution in [-0.4, -0.2) is 30.5 Å². The molecule has 4 rings (SSSR count). The molecule has 0 atom stereocenters. The van der Waals surface area contributed by atoms with Gasteiger partial charge in [0.1, 0.15) is 11.5 Å². The van der Waals surface area contributed by atoms with Crippen LogP contribution in [0.5, 0.6) is 5.75 Å². The summed E-state index contributed by atoms with van der Waals surface area (Å²) in [6, 6.07) is 9.86. The highest BCUT2D eigenvalue weighted by Crippen LogP contribution is 2.45. The third-order valence-electron chi connectivity index (χ3n) is 5.32. The maximum atomic E-state index is 12.4. The van der Waals surface area contributed by atoms with Crippen LogP contribution in [0.4, 0.5) is 0 Å². The second-order valence-corrected chi connectivity index (χ2v) is 6.78. The van der Waals surface area contributed by atoms with Gasteiger partial charge in [-0.1, -0.05) is 12.1 Å². The van der Waals surface area contributed by atoms with Gasteiger partial charge in [-0.05, 0) is 42.7 Å². The molecule has 0 unspecified atom stereocenters. The van der Waals surface area contributed by atoms with Crippen LogP contribution in [0.15, 0.2) is 47.1 Å². The van der Waals surface area contributed by atoms with Crippen molar-refractivity contribution in [2.75, 3.05) is 19.7 Å². The van der Waals surface area contributed by atoms with Crippen LogP contribution >= 0.6 is 0 Å². The Labute approximate surface area is 147 Å². The maximum absolute atomic E-state index is 12.4. The van der Waals surface area contributed by atoms with Crippen LogP contribution in [0.3, 0.4) is 0 Å². The van der Waals surface area contributed by atoms with Crippen molar-refractivity contribution in [3.63, 3.8) is 0 Å². The van der Waals surface area contributed by atoms with E-state index in [0.29, 0.717) is 18.9 Å². The van der Waals surface area contributed by atoms with E-state index < -0.39 is 0 Å². The first-order valence-electron chi connectivity index (χ1n) is 8.67. The first-order chi connectivity index (χ1) is 12.2. The zero-order valence-corrected chi connectivity index (χ0v) is 14.1. The third-order valence-corrected chi connectivity index (χ3v) is 5.32. The van der Waals surface area contributed by atoms with Crippen molar-refractivity contribution in [1.82, 2.24) is 4.90 Å². The summed E-state index contributed by atoms with van der Waals surface area (Å²) in [7, 11) is 0. The molecule has 1 aromatic carbocycles. The highest BCUT2D eigenvalue weighted by Gasteiger charge is 2.43. The molecule has 1 spiro atoms. The smallest absolute Gasteiger partial charge is 0.246 e. The Morgan fingerprint density at radius 3 is 2.84 bits per heavy atom. The predicted molar refractivity (Wildman–Crippen MR) is 95.1 cm³/mol. The van der Waals surface area contributed by atoms with Crippen LogP contribution in [0, 0.1) is 0 Å². The SMILES string of the molecule is NCc1ccc2c(c1)C1(CCN(C(=O)C=Cc3ccco3)CC1)CO2. The number of rotatable bonds is 3. The lowest BCUT2D eigenvalue weighted by Crippen LogP contribution is -2.45. The number of carbonyl (C=O) groups is 1. The molecule has 0 saturated carbocycles. The summed E-state index contributed by atoms with van der Waals surface area (Å²) < 4.78 is 11.1. The Hall–Kier alpha value is -2.53. The largest absolute Gasteiger partial charge is 0.492 e. The molecular formula is C20H22N2O3. The fourth-order valence-electron chi connectivity index (χ4n) is 3.75. The topological polar surface area (TPSA) is 68.7 Å². The Bertz CT molecular complexity index is 787. The van der Waals surface area contributed by atoms with E-state index >= 15 is 0 Å². The summed E-state index contributed by atoms with van der Waals surface area (Å²) in [4.78, 5) is 14.3. The van der Waals surface area contributed by atoms with Gasteiger partial charge in [-0.3, -0.25) is 4.79 Å². The van der Waals surface area contributed by atoms with Crippen LogP contribution in [0.1, 0.15) is 29.7 Å². The van der Waals surface area contributed by atoms with Gasteiger partial charge < -0.3 is 19.8 Å². The summed E-state index contributed by atoms with van der Waals surface area (Å²) in [5.74, 6) is 1.69. The molecule has 1 amide bonds. The van der Waals surface area contributed by atoms with Crippen LogP contribution < -0.4 is 10.5 Å². The quantitative estimate of drug-likeness (QED) is 0.874. The number of hydrogen-bond acceptors (Lipinski definition) is 4. The molecule has 25 heavy (non-hydrogen) atoms. The normalized spacial score (nSPS) is 18.5. The minimum atomic E-state index is 0.0159. The van der Waals surface area contributed by atoms with E-state index in [9.17, 15) is 4.79 Å². The van der Waals surface area contributed by atoms with E-state index in [1.807, 2.05) is 29.2 Å².